The topological polar surface area (TPSA) is 23.5 Å². The van der Waals surface area contributed by atoms with Crippen LogP contribution in [-0.2, 0) is 0 Å². The van der Waals surface area contributed by atoms with E-state index < -0.39 is 0 Å². The standard InChI is InChI=1S/C13H19NOS/c15-12-5-4-6-13(11-12)16-10-9-14-7-2-1-3-8-14/h4-6,11,15H,1-3,7-10H2. The number of benzene rings is 1. The van der Waals surface area contributed by atoms with Crippen molar-refractivity contribution in [3.8, 4) is 5.75 Å². The third-order valence-electron chi connectivity index (χ3n) is 2.94. The van der Waals surface area contributed by atoms with Gasteiger partial charge in [-0.1, -0.05) is 12.5 Å². The highest BCUT2D eigenvalue weighted by molar-refractivity contribution is 7.99. The average molecular weight is 237 g/mol. The molecule has 1 aliphatic heterocycles. The van der Waals surface area contributed by atoms with Gasteiger partial charge >= 0.3 is 0 Å². The number of rotatable bonds is 4. The van der Waals surface area contributed by atoms with Crippen molar-refractivity contribution in [2.45, 2.75) is 24.2 Å². The molecule has 0 saturated carbocycles. The summed E-state index contributed by atoms with van der Waals surface area (Å²) in [6.07, 6.45) is 4.11. The molecular formula is C13H19NOS. The first-order chi connectivity index (χ1) is 7.84. The molecule has 0 radical (unpaired) electrons. The summed E-state index contributed by atoms with van der Waals surface area (Å²) in [6.45, 7) is 3.70. The summed E-state index contributed by atoms with van der Waals surface area (Å²) in [7, 11) is 0. The molecule has 0 amide bonds. The van der Waals surface area contributed by atoms with E-state index in [9.17, 15) is 5.11 Å². The van der Waals surface area contributed by atoms with Gasteiger partial charge in [0.15, 0.2) is 0 Å². The second-order valence-electron chi connectivity index (χ2n) is 4.25. The Morgan fingerprint density at radius 1 is 1.19 bits per heavy atom. The maximum Gasteiger partial charge on any atom is 0.116 e. The minimum Gasteiger partial charge on any atom is -0.508 e. The quantitative estimate of drug-likeness (QED) is 0.814. The fraction of sp³-hybridized carbons (Fsp3) is 0.538. The van der Waals surface area contributed by atoms with E-state index in [0.717, 1.165) is 10.6 Å². The van der Waals surface area contributed by atoms with Crippen molar-refractivity contribution >= 4 is 11.8 Å². The Kier molecular flexibility index (Phi) is 4.55. The van der Waals surface area contributed by atoms with Crippen LogP contribution in [0.5, 0.6) is 5.75 Å². The molecule has 0 aromatic heterocycles. The van der Waals surface area contributed by atoms with Crippen LogP contribution in [0, 0.1) is 0 Å². The van der Waals surface area contributed by atoms with Crippen LogP contribution < -0.4 is 0 Å². The van der Waals surface area contributed by atoms with E-state index in [1.54, 1.807) is 6.07 Å². The minimum atomic E-state index is 0.364. The summed E-state index contributed by atoms with van der Waals surface area (Å²) >= 11 is 1.83. The summed E-state index contributed by atoms with van der Waals surface area (Å²) in [4.78, 5) is 3.70. The minimum absolute atomic E-state index is 0.364. The first-order valence-corrected chi connectivity index (χ1v) is 6.97. The molecule has 2 rings (SSSR count). The van der Waals surface area contributed by atoms with Gasteiger partial charge in [-0.2, -0.15) is 0 Å². The summed E-state index contributed by atoms with van der Waals surface area (Å²) in [6, 6.07) is 7.51. The molecule has 1 saturated heterocycles. The van der Waals surface area contributed by atoms with Crippen molar-refractivity contribution in [3.05, 3.63) is 24.3 Å². The number of aromatic hydroxyl groups is 1. The molecule has 88 valence electrons. The van der Waals surface area contributed by atoms with Crippen molar-refractivity contribution < 1.29 is 5.11 Å². The molecule has 2 nitrogen and oxygen atoms in total. The van der Waals surface area contributed by atoms with Crippen LogP contribution in [0.15, 0.2) is 29.2 Å². The van der Waals surface area contributed by atoms with Crippen LogP contribution in [0.4, 0.5) is 0 Å². The molecule has 1 fully saturated rings. The van der Waals surface area contributed by atoms with Gasteiger partial charge in [-0.05, 0) is 44.1 Å². The monoisotopic (exact) mass is 237 g/mol. The van der Waals surface area contributed by atoms with Gasteiger partial charge < -0.3 is 10.0 Å². The zero-order valence-corrected chi connectivity index (χ0v) is 10.4. The number of thioether (sulfide) groups is 1. The third kappa shape index (κ3) is 3.72. The third-order valence-corrected chi connectivity index (χ3v) is 3.92. The van der Waals surface area contributed by atoms with Crippen molar-refractivity contribution in [1.29, 1.82) is 0 Å². The molecule has 1 heterocycles. The second kappa shape index (κ2) is 6.16. The van der Waals surface area contributed by atoms with Gasteiger partial charge in [-0.3, -0.25) is 0 Å². The highest BCUT2D eigenvalue weighted by atomic mass is 32.2. The largest absolute Gasteiger partial charge is 0.508 e. The van der Waals surface area contributed by atoms with Crippen molar-refractivity contribution in [2.24, 2.45) is 0 Å². The number of phenolic OH excluding ortho intramolecular Hbond substituents is 1. The smallest absolute Gasteiger partial charge is 0.116 e. The number of nitrogens with zero attached hydrogens (tertiary/aromatic N) is 1. The lowest BCUT2D eigenvalue weighted by atomic mass is 10.1. The molecule has 0 bridgehead atoms. The zero-order chi connectivity index (χ0) is 11.2. The summed E-state index contributed by atoms with van der Waals surface area (Å²) in [5, 5.41) is 9.34. The van der Waals surface area contributed by atoms with Gasteiger partial charge in [0.1, 0.15) is 5.75 Å². The van der Waals surface area contributed by atoms with Gasteiger partial charge in [-0.15, -0.1) is 11.8 Å². The predicted molar refractivity (Wildman–Crippen MR) is 69.1 cm³/mol. The molecule has 0 atom stereocenters. The van der Waals surface area contributed by atoms with Gasteiger partial charge in [-0.25, -0.2) is 0 Å². The van der Waals surface area contributed by atoms with E-state index in [0.29, 0.717) is 5.75 Å². The van der Waals surface area contributed by atoms with Gasteiger partial charge in [0.05, 0.1) is 0 Å². The molecular weight excluding hydrogens is 218 g/mol. The summed E-state index contributed by atoms with van der Waals surface area (Å²) < 4.78 is 0. The van der Waals surface area contributed by atoms with Gasteiger partial charge in [0.2, 0.25) is 0 Å². The van der Waals surface area contributed by atoms with Crippen LogP contribution in [0.3, 0.4) is 0 Å². The van der Waals surface area contributed by atoms with E-state index >= 15 is 0 Å². The lowest BCUT2D eigenvalue weighted by Gasteiger charge is -2.26. The molecule has 0 spiro atoms. The van der Waals surface area contributed by atoms with E-state index in [1.165, 1.54) is 38.9 Å². The van der Waals surface area contributed by atoms with Crippen LogP contribution in [0.1, 0.15) is 19.3 Å². The maximum absolute atomic E-state index is 9.34. The van der Waals surface area contributed by atoms with Crippen molar-refractivity contribution in [3.63, 3.8) is 0 Å². The first kappa shape index (κ1) is 11.8. The molecule has 1 aliphatic rings. The molecule has 0 unspecified atom stereocenters. The van der Waals surface area contributed by atoms with Crippen molar-refractivity contribution in [1.82, 2.24) is 4.90 Å². The molecule has 1 aromatic carbocycles. The molecule has 1 N–H and O–H groups in total. The Hall–Kier alpha value is -0.670. The highest BCUT2D eigenvalue weighted by Crippen LogP contribution is 2.22. The van der Waals surface area contributed by atoms with Crippen LogP contribution in [0.2, 0.25) is 0 Å². The molecule has 0 aliphatic carbocycles. The number of piperidine rings is 1. The van der Waals surface area contributed by atoms with Gasteiger partial charge in [0, 0.05) is 17.2 Å². The Labute approximate surface area is 102 Å². The lowest BCUT2D eigenvalue weighted by molar-refractivity contribution is 0.242. The van der Waals surface area contributed by atoms with Crippen molar-refractivity contribution in [2.75, 3.05) is 25.4 Å². The maximum atomic E-state index is 9.34. The average Bonchev–Trinajstić information content (AvgIpc) is 2.30. The number of likely N-dealkylation sites (tertiary alicyclic amines) is 1. The lowest BCUT2D eigenvalue weighted by Crippen LogP contribution is -2.31. The van der Waals surface area contributed by atoms with E-state index in [2.05, 4.69) is 11.0 Å². The molecule has 16 heavy (non-hydrogen) atoms. The summed E-state index contributed by atoms with van der Waals surface area (Å²) in [5.74, 6) is 1.48. The second-order valence-corrected chi connectivity index (χ2v) is 5.42. The van der Waals surface area contributed by atoms with Crippen LogP contribution in [0.25, 0.3) is 0 Å². The first-order valence-electron chi connectivity index (χ1n) is 5.99. The SMILES string of the molecule is Oc1cccc(SCCN2CCCCC2)c1. The number of hydrogen-bond acceptors (Lipinski definition) is 3. The molecule has 3 heteroatoms. The predicted octanol–water partition coefficient (Wildman–Crippen LogP) is 2.97. The van der Waals surface area contributed by atoms with Gasteiger partial charge in [0.25, 0.3) is 0 Å². The van der Waals surface area contributed by atoms with E-state index in [-0.39, 0.29) is 0 Å². The number of hydrogen-bond donors (Lipinski definition) is 1. The fourth-order valence-electron chi connectivity index (χ4n) is 2.05. The Morgan fingerprint density at radius 2 is 2.00 bits per heavy atom. The van der Waals surface area contributed by atoms with E-state index in [1.807, 2.05) is 23.9 Å². The fourth-order valence-corrected chi connectivity index (χ4v) is 3.01. The Morgan fingerprint density at radius 3 is 2.75 bits per heavy atom. The number of phenols is 1. The normalized spacial score (nSPS) is 17.5. The Balaban J connectivity index is 1.71. The van der Waals surface area contributed by atoms with Crippen LogP contribution in [-0.4, -0.2) is 35.4 Å². The van der Waals surface area contributed by atoms with E-state index in [4.69, 9.17) is 0 Å². The molecule has 1 aromatic rings. The zero-order valence-electron chi connectivity index (χ0n) is 9.56. The Bertz CT molecular complexity index is 323. The van der Waals surface area contributed by atoms with Crippen LogP contribution >= 0.6 is 11.8 Å². The highest BCUT2D eigenvalue weighted by Gasteiger charge is 2.09. The summed E-state index contributed by atoms with van der Waals surface area (Å²) in [5.41, 5.74) is 0.